The average Bonchev–Trinajstić information content (AvgIpc) is 3.18. The van der Waals surface area contributed by atoms with E-state index in [4.69, 9.17) is 25.8 Å². The molecule has 0 spiro atoms. The van der Waals surface area contributed by atoms with Crippen molar-refractivity contribution in [2.24, 2.45) is 5.73 Å². The highest BCUT2D eigenvalue weighted by molar-refractivity contribution is 6.02. The SMILES string of the molecule is CC(=O)O.CCOC(=O)C[C@H](NC(=O)N[C@H]1CCN(c2ccc(C(=N)N)cc2)C1=O)c1ccccc1. The lowest BCUT2D eigenvalue weighted by molar-refractivity contribution is -0.143. The zero-order chi connectivity index (χ0) is 26.7. The van der Waals surface area contributed by atoms with Gasteiger partial charge in [0, 0.05) is 24.7 Å². The summed E-state index contributed by atoms with van der Waals surface area (Å²) >= 11 is 0. The van der Waals surface area contributed by atoms with Gasteiger partial charge in [0.2, 0.25) is 5.91 Å². The monoisotopic (exact) mass is 497 g/mol. The Balaban J connectivity index is 0.00000106. The molecule has 1 fully saturated rings. The van der Waals surface area contributed by atoms with Crippen LogP contribution in [0.1, 0.15) is 43.9 Å². The van der Waals surface area contributed by atoms with Gasteiger partial charge in [0.15, 0.2) is 0 Å². The summed E-state index contributed by atoms with van der Waals surface area (Å²) < 4.78 is 5.02. The number of esters is 1. The number of amidine groups is 1. The van der Waals surface area contributed by atoms with E-state index in [9.17, 15) is 14.4 Å². The molecule has 2 atom stereocenters. The third-order valence-corrected chi connectivity index (χ3v) is 5.18. The largest absolute Gasteiger partial charge is 0.481 e. The van der Waals surface area contributed by atoms with E-state index in [1.165, 1.54) is 0 Å². The summed E-state index contributed by atoms with van der Waals surface area (Å²) in [5, 5.41) is 20.4. The Bertz CT molecular complexity index is 1070. The molecule has 6 N–H and O–H groups in total. The minimum atomic E-state index is -0.833. The highest BCUT2D eigenvalue weighted by Gasteiger charge is 2.34. The molecule has 11 nitrogen and oxygen atoms in total. The number of carbonyl (C=O) groups is 4. The number of hydrogen-bond acceptors (Lipinski definition) is 6. The van der Waals surface area contributed by atoms with Gasteiger partial charge < -0.3 is 31.1 Å². The Morgan fingerprint density at radius 3 is 2.33 bits per heavy atom. The van der Waals surface area contributed by atoms with Crippen molar-refractivity contribution in [1.29, 1.82) is 5.41 Å². The zero-order valence-corrected chi connectivity index (χ0v) is 20.2. The lowest BCUT2D eigenvalue weighted by Gasteiger charge is -2.21. The normalized spacial score (nSPS) is 15.2. The van der Waals surface area contributed by atoms with E-state index in [-0.39, 0.29) is 24.8 Å². The fourth-order valence-corrected chi connectivity index (χ4v) is 3.57. The number of nitrogens with two attached hydrogens (primary N) is 1. The molecule has 0 unspecified atom stereocenters. The molecule has 0 radical (unpaired) electrons. The maximum atomic E-state index is 12.8. The van der Waals surface area contributed by atoms with E-state index < -0.39 is 30.1 Å². The average molecular weight is 498 g/mol. The van der Waals surface area contributed by atoms with Crippen LogP contribution >= 0.6 is 0 Å². The lowest BCUT2D eigenvalue weighted by Crippen LogP contribution is -2.47. The third kappa shape index (κ3) is 8.42. The number of urea groups is 1. The molecule has 1 aliphatic heterocycles. The maximum Gasteiger partial charge on any atom is 0.315 e. The minimum absolute atomic E-state index is 0.0154. The first-order valence-electron chi connectivity index (χ1n) is 11.3. The van der Waals surface area contributed by atoms with Crippen molar-refractivity contribution in [1.82, 2.24) is 10.6 Å². The quantitative estimate of drug-likeness (QED) is 0.211. The predicted molar refractivity (Wildman–Crippen MR) is 134 cm³/mol. The zero-order valence-electron chi connectivity index (χ0n) is 20.2. The van der Waals surface area contributed by atoms with Crippen LogP contribution in [0.25, 0.3) is 0 Å². The van der Waals surface area contributed by atoms with Gasteiger partial charge >= 0.3 is 12.0 Å². The number of hydrogen-bond donors (Lipinski definition) is 5. The fourth-order valence-electron chi connectivity index (χ4n) is 3.57. The van der Waals surface area contributed by atoms with Crippen LogP contribution in [0.4, 0.5) is 10.5 Å². The summed E-state index contributed by atoms with van der Waals surface area (Å²) in [7, 11) is 0. The summed E-state index contributed by atoms with van der Waals surface area (Å²) in [5.74, 6) is -1.52. The maximum absolute atomic E-state index is 12.8. The molecular formula is C25H31N5O6. The van der Waals surface area contributed by atoms with Crippen LogP contribution in [-0.4, -0.2) is 54.0 Å². The summed E-state index contributed by atoms with van der Waals surface area (Å²) in [6, 6.07) is 14.1. The van der Waals surface area contributed by atoms with Crippen molar-refractivity contribution in [3.8, 4) is 0 Å². The summed E-state index contributed by atoms with van der Waals surface area (Å²) in [6.07, 6.45) is 0.438. The molecule has 2 aromatic rings. The number of nitrogen functional groups attached to an aromatic ring is 1. The highest BCUT2D eigenvalue weighted by atomic mass is 16.5. The first-order chi connectivity index (χ1) is 17.1. The van der Waals surface area contributed by atoms with Crippen LogP contribution in [0.2, 0.25) is 0 Å². The molecule has 36 heavy (non-hydrogen) atoms. The van der Waals surface area contributed by atoms with Gasteiger partial charge in [0.25, 0.3) is 5.97 Å². The first-order valence-corrected chi connectivity index (χ1v) is 11.3. The van der Waals surface area contributed by atoms with Crippen LogP contribution in [-0.2, 0) is 19.1 Å². The van der Waals surface area contributed by atoms with Crippen LogP contribution in [0, 0.1) is 5.41 Å². The molecule has 3 rings (SSSR count). The highest BCUT2D eigenvalue weighted by Crippen LogP contribution is 2.22. The Hall–Kier alpha value is -4.41. The Morgan fingerprint density at radius 2 is 1.78 bits per heavy atom. The van der Waals surface area contributed by atoms with Gasteiger partial charge in [-0.3, -0.25) is 19.8 Å². The number of rotatable bonds is 8. The van der Waals surface area contributed by atoms with E-state index in [2.05, 4.69) is 10.6 Å². The van der Waals surface area contributed by atoms with Gasteiger partial charge in [-0.1, -0.05) is 30.3 Å². The molecule has 1 aliphatic rings. The molecule has 11 heteroatoms. The van der Waals surface area contributed by atoms with Gasteiger partial charge in [-0.2, -0.15) is 0 Å². The Labute approximate surface area is 209 Å². The van der Waals surface area contributed by atoms with Crippen molar-refractivity contribution >= 4 is 35.4 Å². The number of carbonyl (C=O) groups excluding carboxylic acids is 3. The van der Waals surface area contributed by atoms with Crippen molar-refractivity contribution in [2.45, 2.75) is 38.8 Å². The second-order valence-corrected chi connectivity index (χ2v) is 7.90. The Kier molecular flexibility index (Phi) is 10.4. The summed E-state index contributed by atoms with van der Waals surface area (Å²) in [6.45, 7) is 3.52. The van der Waals surface area contributed by atoms with Crippen LogP contribution in [0.15, 0.2) is 54.6 Å². The van der Waals surface area contributed by atoms with Crippen LogP contribution in [0.5, 0.6) is 0 Å². The second-order valence-electron chi connectivity index (χ2n) is 7.90. The van der Waals surface area contributed by atoms with Gasteiger partial charge in [-0.25, -0.2) is 4.79 Å². The van der Waals surface area contributed by atoms with Gasteiger partial charge in [-0.05, 0) is 43.2 Å². The summed E-state index contributed by atoms with van der Waals surface area (Å²) in [5.41, 5.74) is 7.48. The molecule has 0 aliphatic carbocycles. The second kappa shape index (κ2) is 13.5. The molecule has 0 aromatic heterocycles. The minimum Gasteiger partial charge on any atom is -0.481 e. The van der Waals surface area contributed by atoms with E-state index in [1.807, 2.05) is 30.3 Å². The molecule has 1 heterocycles. The first kappa shape index (κ1) is 27.8. The number of carboxylic acid groups (broad SMARTS) is 1. The number of aliphatic carboxylic acids is 1. The number of benzene rings is 2. The van der Waals surface area contributed by atoms with E-state index in [0.717, 1.165) is 12.5 Å². The number of amides is 3. The van der Waals surface area contributed by atoms with Crippen molar-refractivity contribution < 1.29 is 29.0 Å². The van der Waals surface area contributed by atoms with Crippen LogP contribution in [0.3, 0.4) is 0 Å². The molecular weight excluding hydrogens is 466 g/mol. The van der Waals surface area contributed by atoms with Crippen molar-refractivity contribution in [3.05, 3.63) is 65.7 Å². The molecule has 0 saturated carbocycles. The molecule has 0 bridgehead atoms. The molecule has 2 aromatic carbocycles. The lowest BCUT2D eigenvalue weighted by atomic mass is 10.0. The van der Waals surface area contributed by atoms with Gasteiger partial charge in [-0.15, -0.1) is 0 Å². The topological polar surface area (TPSA) is 175 Å². The number of carboxylic acids is 1. The molecule has 192 valence electrons. The van der Waals surface area contributed by atoms with E-state index in [0.29, 0.717) is 24.2 Å². The van der Waals surface area contributed by atoms with Gasteiger partial charge in [0.05, 0.1) is 19.1 Å². The molecule has 3 amide bonds. The van der Waals surface area contributed by atoms with E-state index >= 15 is 0 Å². The third-order valence-electron chi connectivity index (χ3n) is 5.18. The number of nitrogens with one attached hydrogen (secondary N) is 3. The predicted octanol–water partition coefficient (Wildman–Crippen LogP) is 2.16. The van der Waals surface area contributed by atoms with Crippen LogP contribution < -0.4 is 21.3 Å². The number of anilines is 1. The standard InChI is InChI=1S/C23H27N5O4.C2H4O2/c1-2-32-20(29)14-19(15-6-4-3-5-7-15)27-23(31)26-18-12-13-28(22(18)30)17-10-8-16(9-11-17)21(24)25;1-2(3)4/h3-11,18-19H,2,12-14H2,1H3,(H3,24,25)(H2,26,27,31);1H3,(H,3,4)/t18-,19-;/m0./s1. The number of nitrogens with zero attached hydrogens (tertiary/aromatic N) is 1. The van der Waals surface area contributed by atoms with Gasteiger partial charge in [0.1, 0.15) is 11.9 Å². The van der Waals surface area contributed by atoms with Crippen molar-refractivity contribution in [2.75, 3.05) is 18.1 Å². The smallest absolute Gasteiger partial charge is 0.315 e. The number of ether oxygens (including phenoxy) is 1. The summed E-state index contributed by atoms with van der Waals surface area (Å²) in [4.78, 5) is 48.0. The Morgan fingerprint density at radius 1 is 1.17 bits per heavy atom. The van der Waals surface area contributed by atoms with Crippen molar-refractivity contribution in [3.63, 3.8) is 0 Å². The van der Waals surface area contributed by atoms with E-state index in [1.54, 1.807) is 36.1 Å². The molecule has 1 saturated heterocycles. The fraction of sp³-hybridized carbons (Fsp3) is 0.320.